The Labute approximate surface area is 109 Å². The number of amides is 1. The van der Waals surface area contributed by atoms with Gasteiger partial charge in [-0.3, -0.25) is 4.79 Å². The van der Waals surface area contributed by atoms with Crippen molar-refractivity contribution in [1.29, 1.82) is 0 Å². The number of aliphatic hydroxyl groups excluding tert-OH is 1. The lowest BCUT2D eigenvalue weighted by molar-refractivity contribution is -0.121. The molecule has 0 aliphatic rings. The van der Waals surface area contributed by atoms with Crippen LogP contribution in [0.15, 0.2) is 24.3 Å². The fourth-order valence-corrected chi connectivity index (χ4v) is 1.82. The summed E-state index contributed by atoms with van der Waals surface area (Å²) in [6.45, 7) is 6.98. The van der Waals surface area contributed by atoms with Gasteiger partial charge >= 0.3 is 0 Å². The van der Waals surface area contributed by atoms with E-state index >= 15 is 0 Å². The number of aliphatic hydroxyl groups is 1. The minimum atomic E-state index is -0.0824. The van der Waals surface area contributed by atoms with E-state index in [9.17, 15) is 4.79 Å². The van der Waals surface area contributed by atoms with Gasteiger partial charge in [0.15, 0.2) is 0 Å². The zero-order chi connectivity index (χ0) is 13.6. The van der Waals surface area contributed by atoms with Crippen molar-refractivity contribution in [3.63, 3.8) is 0 Å². The van der Waals surface area contributed by atoms with E-state index in [2.05, 4.69) is 44.3 Å². The Morgan fingerprint density at radius 3 is 2.72 bits per heavy atom. The standard InChI is InChI=1S/C15H23NO2/c1-12-6-4-7-13(10-12)15(2,3)11-16-14(18)8-5-9-17/h4,6-7,10,17H,5,8-9,11H2,1-3H3,(H,16,18). The molecule has 0 radical (unpaired) electrons. The number of nitrogens with one attached hydrogen (secondary N) is 1. The second kappa shape index (κ2) is 6.55. The van der Waals surface area contributed by atoms with Crippen LogP contribution in [0.4, 0.5) is 0 Å². The Balaban J connectivity index is 2.57. The van der Waals surface area contributed by atoms with Crippen molar-refractivity contribution in [3.8, 4) is 0 Å². The van der Waals surface area contributed by atoms with E-state index in [0.29, 0.717) is 19.4 Å². The van der Waals surface area contributed by atoms with E-state index < -0.39 is 0 Å². The molecule has 0 aliphatic carbocycles. The molecule has 2 N–H and O–H groups in total. The molecule has 18 heavy (non-hydrogen) atoms. The molecule has 1 aromatic carbocycles. The molecule has 100 valence electrons. The fourth-order valence-electron chi connectivity index (χ4n) is 1.82. The van der Waals surface area contributed by atoms with Crippen LogP contribution in [0.2, 0.25) is 0 Å². The molecular formula is C15H23NO2. The molecule has 0 unspecified atom stereocenters. The lowest BCUT2D eigenvalue weighted by atomic mass is 9.84. The third-order valence-corrected chi connectivity index (χ3v) is 3.09. The van der Waals surface area contributed by atoms with Crippen LogP contribution in [-0.2, 0) is 10.2 Å². The number of hydrogen-bond donors (Lipinski definition) is 2. The topological polar surface area (TPSA) is 49.3 Å². The second-order valence-electron chi connectivity index (χ2n) is 5.36. The molecule has 0 aliphatic heterocycles. The van der Waals surface area contributed by atoms with Crippen molar-refractivity contribution in [2.75, 3.05) is 13.2 Å². The summed E-state index contributed by atoms with van der Waals surface area (Å²) in [5, 5.41) is 11.6. The molecule has 1 rings (SSSR count). The average Bonchev–Trinajstić information content (AvgIpc) is 2.34. The predicted molar refractivity (Wildman–Crippen MR) is 73.5 cm³/mol. The SMILES string of the molecule is Cc1cccc(C(C)(C)CNC(=O)CCCO)c1. The van der Waals surface area contributed by atoms with Crippen molar-refractivity contribution in [2.24, 2.45) is 0 Å². The van der Waals surface area contributed by atoms with Gasteiger partial charge in [-0.2, -0.15) is 0 Å². The summed E-state index contributed by atoms with van der Waals surface area (Å²) in [5.41, 5.74) is 2.37. The van der Waals surface area contributed by atoms with Crippen LogP contribution in [-0.4, -0.2) is 24.2 Å². The molecule has 0 spiro atoms. The molecule has 0 atom stereocenters. The van der Waals surface area contributed by atoms with E-state index in [4.69, 9.17) is 5.11 Å². The Morgan fingerprint density at radius 2 is 2.11 bits per heavy atom. The van der Waals surface area contributed by atoms with Gasteiger partial charge in [-0.25, -0.2) is 0 Å². The molecule has 0 fully saturated rings. The summed E-state index contributed by atoms with van der Waals surface area (Å²) in [6.07, 6.45) is 0.914. The van der Waals surface area contributed by atoms with Gasteiger partial charge in [0.1, 0.15) is 0 Å². The van der Waals surface area contributed by atoms with Gasteiger partial charge in [-0.15, -0.1) is 0 Å². The number of rotatable bonds is 6. The van der Waals surface area contributed by atoms with Crippen LogP contribution < -0.4 is 5.32 Å². The Hall–Kier alpha value is -1.35. The molecule has 3 heteroatoms. The van der Waals surface area contributed by atoms with E-state index in [0.717, 1.165) is 0 Å². The van der Waals surface area contributed by atoms with Gasteiger partial charge in [0, 0.05) is 25.0 Å². The lowest BCUT2D eigenvalue weighted by Gasteiger charge is -2.26. The van der Waals surface area contributed by atoms with Gasteiger partial charge in [0.2, 0.25) is 5.91 Å². The first kappa shape index (κ1) is 14.7. The normalized spacial score (nSPS) is 11.3. The minimum absolute atomic E-state index is 0.00442. The van der Waals surface area contributed by atoms with Gasteiger partial charge in [-0.05, 0) is 18.9 Å². The first-order valence-electron chi connectivity index (χ1n) is 6.40. The summed E-state index contributed by atoms with van der Waals surface area (Å²) < 4.78 is 0. The maximum absolute atomic E-state index is 11.5. The van der Waals surface area contributed by atoms with E-state index in [1.54, 1.807) is 0 Å². The Kier molecular flexibility index (Phi) is 5.35. The number of benzene rings is 1. The number of aryl methyl sites for hydroxylation is 1. The zero-order valence-electron chi connectivity index (χ0n) is 11.5. The molecule has 0 saturated carbocycles. The highest BCUT2D eigenvalue weighted by atomic mass is 16.3. The van der Waals surface area contributed by atoms with Gasteiger partial charge in [-0.1, -0.05) is 43.7 Å². The van der Waals surface area contributed by atoms with Gasteiger partial charge < -0.3 is 10.4 Å². The van der Waals surface area contributed by atoms with Crippen LogP contribution in [0.5, 0.6) is 0 Å². The quantitative estimate of drug-likeness (QED) is 0.811. The molecule has 1 amide bonds. The van der Waals surface area contributed by atoms with Crippen molar-refractivity contribution >= 4 is 5.91 Å². The summed E-state index contributed by atoms with van der Waals surface area (Å²) >= 11 is 0. The maximum Gasteiger partial charge on any atom is 0.220 e. The van der Waals surface area contributed by atoms with Gasteiger partial charge in [0.05, 0.1) is 0 Å². The highest BCUT2D eigenvalue weighted by molar-refractivity contribution is 5.75. The van der Waals surface area contributed by atoms with E-state index in [1.165, 1.54) is 11.1 Å². The van der Waals surface area contributed by atoms with Crippen LogP contribution in [0, 0.1) is 6.92 Å². The zero-order valence-corrected chi connectivity index (χ0v) is 11.5. The molecule has 0 bridgehead atoms. The smallest absolute Gasteiger partial charge is 0.220 e. The van der Waals surface area contributed by atoms with Crippen LogP contribution in [0.1, 0.15) is 37.8 Å². The number of carbonyl (C=O) groups excluding carboxylic acids is 1. The third-order valence-electron chi connectivity index (χ3n) is 3.09. The monoisotopic (exact) mass is 249 g/mol. The van der Waals surface area contributed by atoms with Crippen molar-refractivity contribution in [3.05, 3.63) is 35.4 Å². The van der Waals surface area contributed by atoms with Crippen molar-refractivity contribution < 1.29 is 9.90 Å². The largest absolute Gasteiger partial charge is 0.396 e. The van der Waals surface area contributed by atoms with Crippen molar-refractivity contribution in [1.82, 2.24) is 5.32 Å². The third kappa shape index (κ3) is 4.49. The fraction of sp³-hybridized carbons (Fsp3) is 0.533. The van der Waals surface area contributed by atoms with Gasteiger partial charge in [0.25, 0.3) is 0 Å². The number of carbonyl (C=O) groups is 1. The average molecular weight is 249 g/mol. The minimum Gasteiger partial charge on any atom is -0.396 e. The molecule has 0 saturated heterocycles. The predicted octanol–water partition coefficient (Wildman–Crippen LogP) is 2.16. The highest BCUT2D eigenvalue weighted by Gasteiger charge is 2.21. The summed E-state index contributed by atoms with van der Waals surface area (Å²) in [7, 11) is 0. The molecular weight excluding hydrogens is 226 g/mol. The lowest BCUT2D eigenvalue weighted by Crippen LogP contribution is -2.36. The van der Waals surface area contributed by atoms with E-state index in [-0.39, 0.29) is 17.9 Å². The summed E-state index contributed by atoms with van der Waals surface area (Å²) in [6, 6.07) is 8.35. The Bertz CT molecular complexity index is 399. The Morgan fingerprint density at radius 1 is 1.39 bits per heavy atom. The first-order valence-corrected chi connectivity index (χ1v) is 6.40. The number of hydrogen-bond acceptors (Lipinski definition) is 2. The summed E-state index contributed by atoms with van der Waals surface area (Å²) in [5.74, 6) is 0.00442. The van der Waals surface area contributed by atoms with E-state index in [1.807, 2.05) is 6.07 Å². The molecule has 3 nitrogen and oxygen atoms in total. The second-order valence-corrected chi connectivity index (χ2v) is 5.36. The summed E-state index contributed by atoms with van der Waals surface area (Å²) in [4.78, 5) is 11.5. The highest BCUT2D eigenvalue weighted by Crippen LogP contribution is 2.23. The first-order chi connectivity index (χ1) is 8.45. The molecule has 0 aromatic heterocycles. The van der Waals surface area contributed by atoms with Crippen LogP contribution in [0.3, 0.4) is 0 Å². The van der Waals surface area contributed by atoms with Crippen LogP contribution >= 0.6 is 0 Å². The van der Waals surface area contributed by atoms with Crippen molar-refractivity contribution in [2.45, 2.75) is 39.0 Å². The molecule has 1 aromatic rings. The maximum atomic E-state index is 11.5. The van der Waals surface area contributed by atoms with Crippen LogP contribution in [0.25, 0.3) is 0 Å². The molecule has 0 heterocycles.